The van der Waals surface area contributed by atoms with Gasteiger partial charge >= 0.3 is 0 Å². The third-order valence-electron chi connectivity index (χ3n) is 3.49. The number of hydrogen-bond acceptors (Lipinski definition) is 3. The lowest BCUT2D eigenvalue weighted by Gasteiger charge is -2.32. The monoisotopic (exact) mass is 234 g/mol. The number of ether oxygens (including phenoxy) is 1. The molecular formula is C14H22N2O. The van der Waals surface area contributed by atoms with Gasteiger partial charge in [0, 0.05) is 38.3 Å². The van der Waals surface area contributed by atoms with E-state index in [2.05, 4.69) is 43.2 Å². The molecule has 0 unspecified atom stereocenters. The maximum absolute atomic E-state index is 5.40. The zero-order valence-electron chi connectivity index (χ0n) is 11.2. The number of methoxy groups -OCH3 is 1. The highest BCUT2D eigenvalue weighted by Gasteiger charge is 2.19. The summed E-state index contributed by atoms with van der Waals surface area (Å²) in [5, 5.41) is 3.31. The molecule has 0 spiro atoms. The Morgan fingerprint density at radius 1 is 1.29 bits per heavy atom. The maximum Gasteiger partial charge on any atom is 0.124 e. The lowest BCUT2D eigenvalue weighted by atomic mass is 10.0. The Balaban J connectivity index is 2.14. The van der Waals surface area contributed by atoms with Gasteiger partial charge in [-0.25, -0.2) is 0 Å². The van der Waals surface area contributed by atoms with Crippen LogP contribution in [0.1, 0.15) is 11.1 Å². The summed E-state index contributed by atoms with van der Waals surface area (Å²) in [7, 11) is 3.90. The van der Waals surface area contributed by atoms with E-state index in [1.165, 1.54) is 16.8 Å². The van der Waals surface area contributed by atoms with Crippen molar-refractivity contribution in [3.05, 3.63) is 23.3 Å². The molecule has 1 aromatic carbocycles. The predicted molar refractivity (Wildman–Crippen MR) is 72.1 cm³/mol. The molecular weight excluding hydrogens is 212 g/mol. The highest BCUT2D eigenvalue weighted by molar-refractivity contribution is 5.56. The molecule has 1 aromatic rings. The van der Waals surface area contributed by atoms with Crippen molar-refractivity contribution in [2.45, 2.75) is 13.8 Å². The van der Waals surface area contributed by atoms with Crippen molar-refractivity contribution in [2.75, 3.05) is 38.7 Å². The Kier molecular flexibility index (Phi) is 3.57. The van der Waals surface area contributed by atoms with E-state index < -0.39 is 0 Å². The molecule has 0 atom stereocenters. The molecule has 1 heterocycles. The van der Waals surface area contributed by atoms with Crippen LogP contribution in [0.4, 0.5) is 5.69 Å². The van der Waals surface area contributed by atoms with Gasteiger partial charge in [-0.05, 0) is 37.1 Å². The van der Waals surface area contributed by atoms with Crippen LogP contribution in [0.3, 0.4) is 0 Å². The molecule has 17 heavy (non-hydrogen) atoms. The fourth-order valence-electron chi connectivity index (χ4n) is 2.44. The van der Waals surface area contributed by atoms with Crippen molar-refractivity contribution in [1.82, 2.24) is 5.32 Å². The number of rotatable bonds is 4. The highest BCUT2D eigenvalue weighted by Crippen LogP contribution is 2.28. The van der Waals surface area contributed by atoms with Crippen LogP contribution in [0, 0.1) is 19.8 Å². The quantitative estimate of drug-likeness (QED) is 0.862. The molecule has 2 rings (SSSR count). The molecule has 1 aliphatic rings. The van der Waals surface area contributed by atoms with Crippen LogP contribution in [-0.2, 0) is 0 Å². The molecule has 0 aliphatic carbocycles. The fourth-order valence-corrected chi connectivity index (χ4v) is 2.44. The van der Waals surface area contributed by atoms with Crippen LogP contribution in [0.2, 0.25) is 0 Å². The molecule has 3 heteroatoms. The van der Waals surface area contributed by atoms with Crippen molar-refractivity contribution in [2.24, 2.45) is 5.92 Å². The van der Waals surface area contributed by atoms with Crippen LogP contribution in [-0.4, -0.2) is 33.8 Å². The van der Waals surface area contributed by atoms with Crippen molar-refractivity contribution in [3.63, 3.8) is 0 Å². The van der Waals surface area contributed by atoms with Gasteiger partial charge in [0.1, 0.15) is 5.75 Å². The summed E-state index contributed by atoms with van der Waals surface area (Å²) in [6.07, 6.45) is 0. The van der Waals surface area contributed by atoms with E-state index >= 15 is 0 Å². The van der Waals surface area contributed by atoms with Gasteiger partial charge in [0.15, 0.2) is 0 Å². The Morgan fingerprint density at radius 3 is 2.29 bits per heavy atom. The predicted octanol–water partition coefficient (Wildman–Crippen LogP) is 1.97. The summed E-state index contributed by atoms with van der Waals surface area (Å²) in [5.41, 5.74) is 3.70. The molecule has 0 aromatic heterocycles. The molecule has 0 amide bonds. The second kappa shape index (κ2) is 4.96. The zero-order valence-corrected chi connectivity index (χ0v) is 11.2. The molecule has 1 N–H and O–H groups in total. The van der Waals surface area contributed by atoms with E-state index in [1.54, 1.807) is 7.11 Å². The molecule has 0 saturated carbocycles. The van der Waals surface area contributed by atoms with Crippen molar-refractivity contribution < 1.29 is 4.74 Å². The number of hydrogen-bond donors (Lipinski definition) is 1. The number of nitrogens with one attached hydrogen (secondary N) is 1. The largest absolute Gasteiger partial charge is 0.496 e. The van der Waals surface area contributed by atoms with Crippen molar-refractivity contribution >= 4 is 5.69 Å². The molecule has 1 saturated heterocycles. The topological polar surface area (TPSA) is 24.5 Å². The number of aryl methyl sites for hydroxylation is 2. The van der Waals surface area contributed by atoms with Crippen LogP contribution in [0.15, 0.2) is 12.1 Å². The van der Waals surface area contributed by atoms with Crippen LogP contribution < -0.4 is 15.0 Å². The third-order valence-corrected chi connectivity index (χ3v) is 3.49. The summed E-state index contributed by atoms with van der Waals surface area (Å²) < 4.78 is 5.40. The summed E-state index contributed by atoms with van der Waals surface area (Å²) in [4.78, 5) is 2.34. The number of nitrogens with zero attached hydrogens (tertiary/aromatic N) is 1. The summed E-state index contributed by atoms with van der Waals surface area (Å²) >= 11 is 0. The van der Waals surface area contributed by atoms with Gasteiger partial charge in [0.25, 0.3) is 0 Å². The molecule has 0 radical (unpaired) electrons. The third kappa shape index (κ3) is 2.55. The normalized spacial score (nSPS) is 15.5. The van der Waals surface area contributed by atoms with E-state index in [0.717, 1.165) is 31.3 Å². The average molecular weight is 234 g/mol. The molecule has 94 valence electrons. The molecule has 0 bridgehead atoms. The Bertz CT molecular complexity index is 376. The molecule has 1 fully saturated rings. The minimum absolute atomic E-state index is 0.794. The second-order valence-corrected chi connectivity index (χ2v) is 5.02. The lowest BCUT2D eigenvalue weighted by Crippen LogP contribution is -2.47. The fraction of sp³-hybridized carbons (Fsp3) is 0.571. The van der Waals surface area contributed by atoms with Gasteiger partial charge in [-0.3, -0.25) is 0 Å². The van der Waals surface area contributed by atoms with E-state index in [9.17, 15) is 0 Å². The minimum Gasteiger partial charge on any atom is -0.496 e. The second-order valence-electron chi connectivity index (χ2n) is 5.02. The first-order valence-electron chi connectivity index (χ1n) is 6.19. The molecule has 1 aliphatic heterocycles. The first-order chi connectivity index (χ1) is 8.11. The number of benzene rings is 1. The Labute approximate surface area is 104 Å². The van der Waals surface area contributed by atoms with Gasteiger partial charge in [-0.15, -0.1) is 0 Å². The standard InChI is InChI=1S/C14H22N2O/c1-10-5-13(6-11(2)14(10)17-4)16(3)9-12-7-15-8-12/h5-6,12,15H,7-9H2,1-4H3. The summed E-state index contributed by atoms with van der Waals surface area (Å²) in [6.45, 7) is 7.64. The van der Waals surface area contributed by atoms with Gasteiger partial charge < -0.3 is 15.0 Å². The van der Waals surface area contributed by atoms with Crippen LogP contribution in [0.25, 0.3) is 0 Å². The number of anilines is 1. The Morgan fingerprint density at radius 2 is 1.88 bits per heavy atom. The van der Waals surface area contributed by atoms with Gasteiger partial charge in [0.2, 0.25) is 0 Å². The van der Waals surface area contributed by atoms with Gasteiger partial charge in [-0.1, -0.05) is 0 Å². The zero-order chi connectivity index (χ0) is 12.4. The van der Waals surface area contributed by atoms with Gasteiger partial charge in [0.05, 0.1) is 7.11 Å². The van der Waals surface area contributed by atoms with Crippen LogP contribution in [0.5, 0.6) is 5.75 Å². The first-order valence-corrected chi connectivity index (χ1v) is 6.19. The molecule has 3 nitrogen and oxygen atoms in total. The van der Waals surface area contributed by atoms with E-state index in [0.29, 0.717) is 0 Å². The van der Waals surface area contributed by atoms with E-state index in [4.69, 9.17) is 4.74 Å². The van der Waals surface area contributed by atoms with E-state index in [-0.39, 0.29) is 0 Å². The highest BCUT2D eigenvalue weighted by atomic mass is 16.5. The summed E-state index contributed by atoms with van der Waals surface area (Å²) in [6, 6.07) is 4.41. The van der Waals surface area contributed by atoms with Crippen molar-refractivity contribution in [3.8, 4) is 5.75 Å². The SMILES string of the molecule is COc1c(C)cc(N(C)CC2CNC2)cc1C. The first kappa shape index (κ1) is 12.2. The minimum atomic E-state index is 0.794. The summed E-state index contributed by atoms with van der Waals surface area (Å²) in [5.74, 6) is 1.80. The lowest BCUT2D eigenvalue weighted by molar-refractivity contribution is 0.353. The average Bonchev–Trinajstić information content (AvgIpc) is 2.22. The Hall–Kier alpha value is -1.22. The van der Waals surface area contributed by atoms with E-state index in [1.807, 2.05) is 0 Å². The van der Waals surface area contributed by atoms with Crippen LogP contribution >= 0.6 is 0 Å². The van der Waals surface area contributed by atoms with Crippen molar-refractivity contribution in [1.29, 1.82) is 0 Å². The van der Waals surface area contributed by atoms with Gasteiger partial charge in [-0.2, -0.15) is 0 Å². The maximum atomic E-state index is 5.40. The smallest absolute Gasteiger partial charge is 0.124 e.